The summed E-state index contributed by atoms with van der Waals surface area (Å²) in [7, 11) is 4.41. The lowest BCUT2D eigenvalue weighted by Gasteiger charge is -2.33. The summed E-state index contributed by atoms with van der Waals surface area (Å²) in [6.07, 6.45) is 6.21. The summed E-state index contributed by atoms with van der Waals surface area (Å²) in [5.41, 5.74) is 0.897. The van der Waals surface area contributed by atoms with Crippen LogP contribution in [0.15, 0.2) is 12.2 Å². The maximum absolute atomic E-state index is 2.44. The minimum Gasteiger partial charge on any atom is -0.306 e. The molecule has 2 aliphatic carbocycles. The molecule has 0 N–H and O–H groups in total. The molecular formula is C12H21N. The fourth-order valence-corrected chi connectivity index (χ4v) is 3.16. The fourth-order valence-electron chi connectivity index (χ4n) is 3.16. The van der Waals surface area contributed by atoms with Crippen molar-refractivity contribution in [3.05, 3.63) is 12.2 Å². The highest BCUT2D eigenvalue weighted by molar-refractivity contribution is 5.26. The number of nitrogens with zero attached hydrogens (tertiary/aromatic N) is 1. The van der Waals surface area contributed by atoms with Gasteiger partial charge in [-0.1, -0.05) is 32.9 Å². The normalized spacial score (nSPS) is 46.3. The van der Waals surface area contributed by atoms with E-state index in [9.17, 15) is 0 Å². The molecule has 0 aromatic carbocycles. The van der Waals surface area contributed by atoms with Gasteiger partial charge in [-0.3, -0.25) is 0 Å². The van der Waals surface area contributed by atoms with E-state index in [0.717, 1.165) is 12.0 Å². The first-order valence-corrected chi connectivity index (χ1v) is 5.24. The largest absolute Gasteiger partial charge is 0.306 e. The Kier molecular flexibility index (Phi) is 1.70. The van der Waals surface area contributed by atoms with Crippen LogP contribution in [-0.2, 0) is 0 Å². The Morgan fingerprint density at radius 3 is 2.08 bits per heavy atom. The lowest BCUT2D eigenvalue weighted by Crippen LogP contribution is -2.34. The van der Waals surface area contributed by atoms with Gasteiger partial charge in [0, 0.05) is 6.04 Å². The maximum Gasteiger partial charge on any atom is 0.0166 e. The minimum absolute atomic E-state index is 0.437. The number of hydrogen-bond donors (Lipinski definition) is 0. The smallest absolute Gasteiger partial charge is 0.0166 e. The quantitative estimate of drug-likeness (QED) is 0.559. The number of fused-ring (bicyclic) bond motifs is 2. The Labute approximate surface area is 81.8 Å². The molecule has 0 aromatic rings. The monoisotopic (exact) mass is 179 g/mol. The molecule has 3 unspecified atom stereocenters. The van der Waals surface area contributed by atoms with Crippen molar-refractivity contribution in [3.63, 3.8) is 0 Å². The summed E-state index contributed by atoms with van der Waals surface area (Å²) in [4.78, 5) is 2.39. The van der Waals surface area contributed by atoms with Crippen molar-refractivity contribution in [1.29, 1.82) is 0 Å². The van der Waals surface area contributed by atoms with Crippen LogP contribution in [0.4, 0.5) is 0 Å². The predicted octanol–water partition coefficient (Wildman–Crippen LogP) is 2.54. The van der Waals surface area contributed by atoms with Crippen LogP contribution < -0.4 is 0 Å². The standard InChI is InChI=1S/C12H21N/c1-11(2)9-6-7-12(11,3)8-10(9)13(4)5/h6-7,9-10H,8H2,1-5H3. The van der Waals surface area contributed by atoms with Crippen molar-refractivity contribution in [2.75, 3.05) is 14.1 Å². The first kappa shape index (κ1) is 9.26. The minimum atomic E-state index is 0.437. The molecule has 13 heavy (non-hydrogen) atoms. The van der Waals surface area contributed by atoms with Gasteiger partial charge in [0.25, 0.3) is 0 Å². The molecule has 2 bridgehead atoms. The molecule has 2 rings (SSSR count). The SMILES string of the molecule is CN(C)C1CC2(C)C=CC1C2(C)C. The molecular weight excluding hydrogens is 158 g/mol. The van der Waals surface area contributed by atoms with E-state index in [0.29, 0.717) is 10.8 Å². The number of rotatable bonds is 1. The Hall–Kier alpha value is -0.300. The zero-order chi connectivity index (χ0) is 9.85. The highest BCUT2D eigenvalue weighted by Gasteiger charge is 2.57. The summed E-state index contributed by atoms with van der Waals surface area (Å²) in [6.45, 7) is 7.25. The Bertz CT molecular complexity index is 252. The zero-order valence-electron chi connectivity index (χ0n) is 9.46. The van der Waals surface area contributed by atoms with Crippen LogP contribution in [0.2, 0.25) is 0 Å². The lowest BCUT2D eigenvalue weighted by molar-refractivity contribution is 0.172. The van der Waals surface area contributed by atoms with Gasteiger partial charge < -0.3 is 4.90 Å². The van der Waals surface area contributed by atoms with Crippen LogP contribution in [0.3, 0.4) is 0 Å². The molecule has 0 spiro atoms. The van der Waals surface area contributed by atoms with Gasteiger partial charge in [-0.25, -0.2) is 0 Å². The van der Waals surface area contributed by atoms with Gasteiger partial charge >= 0.3 is 0 Å². The van der Waals surface area contributed by atoms with Gasteiger partial charge in [-0.05, 0) is 37.3 Å². The van der Waals surface area contributed by atoms with Gasteiger partial charge in [0.15, 0.2) is 0 Å². The van der Waals surface area contributed by atoms with Crippen LogP contribution in [-0.4, -0.2) is 25.0 Å². The Morgan fingerprint density at radius 2 is 1.85 bits per heavy atom. The molecule has 0 heterocycles. The molecule has 1 nitrogen and oxygen atoms in total. The maximum atomic E-state index is 2.44. The third kappa shape index (κ3) is 0.969. The average Bonchev–Trinajstić information content (AvgIpc) is 2.34. The molecule has 0 radical (unpaired) electrons. The van der Waals surface area contributed by atoms with E-state index >= 15 is 0 Å². The Morgan fingerprint density at radius 1 is 1.23 bits per heavy atom. The molecule has 0 aliphatic heterocycles. The second-order valence-electron chi connectivity index (χ2n) is 5.76. The molecule has 74 valence electrons. The average molecular weight is 179 g/mol. The molecule has 1 saturated carbocycles. The van der Waals surface area contributed by atoms with E-state index in [1.54, 1.807) is 0 Å². The Balaban J connectivity index is 2.34. The van der Waals surface area contributed by atoms with Gasteiger partial charge in [0.05, 0.1) is 0 Å². The summed E-state index contributed by atoms with van der Waals surface area (Å²) in [5, 5.41) is 0. The number of hydrogen-bond acceptors (Lipinski definition) is 1. The molecule has 0 aromatic heterocycles. The zero-order valence-corrected chi connectivity index (χ0v) is 9.46. The fraction of sp³-hybridized carbons (Fsp3) is 0.833. The first-order chi connectivity index (χ1) is 5.88. The van der Waals surface area contributed by atoms with Crippen LogP contribution in [0.25, 0.3) is 0 Å². The second kappa shape index (κ2) is 2.38. The van der Waals surface area contributed by atoms with Crippen LogP contribution in [0.1, 0.15) is 27.2 Å². The van der Waals surface area contributed by atoms with Crippen LogP contribution in [0.5, 0.6) is 0 Å². The van der Waals surface area contributed by atoms with Crippen molar-refractivity contribution < 1.29 is 0 Å². The van der Waals surface area contributed by atoms with Crippen molar-refractivity contribution in [3.8, 4) is 0 Å². The molecule has 1 heteroatoms. The highest BCUT2D eigenvalue weighted by Crippen LogP contribution is 2.62. The van der Waals surface area contributed by atoms with Crippen LogP contribution >= 0.6 is 0 Å². The first-order valence-electron chi connectivity index (χ1n) is 5.24. The molecule has 1 fully saturated rings. The van der Waals surface area contributed by atoms with Crippen molar-refractivity contribution >= 4 is 0 Å². The third-order valence-electron chi connectivity index (χ3n) is 4.69. The van der Waals surface area contributed by atoms with E-state index in [1.807, 2.05) is 0 Å². The molecule has 0 amide bonds. The van der Waals surface area contributed by atoms with E-state index in [2.05, 4.69) is 51.9 Å². The third-order valence-corrected chi connectivity index (χ3v) is 4.69. The summed E-state index contributed by atoms with van der Waals surface area (Å²) >= 11 is 0. The predicted molar refractivity (Wildman–Crippen MR) is 56.6 cm³/mol. The molecule has 0 saturated heterocycles. The topological polar surface area (TPSA) is 3.24 Å². The van der Waals surface area contributed by atoms with Gasteiger partial charge in [0.1, 0.15) is 0 Å². The molecule has 3 atom stereocenters. The van der Waals surface area contributed by atoms with Gasteiger partial charge in [0.2, 0.25) is 0 Å². The second-order valence-corrected chi connectivity index (χ2v) is 5.76. The number of allylic oxidation sites excluding steroid dienone is 1. The van der Waals surface area contributed by atoms with Gasteiger partial charge in [-0.15, -0.1) is 0 Å². The van der Waals surface area contributed by atoms with E-state index < -0.39 is 0 Å². The van der Waals surface area contributed by atoms with E-state index in [-0.39, 0.29) is 0 Å². The highest BCUT2D eigenvalue weighted by atomic mass is 15.1. The summed E-state index contributed by atoms with van der Waals surface area (Å²) in [5.74, 6) is 0.757. The van der Waals surface area contributed by atoms with E-state index in [1.165, 1.54) is 6.42 Å². The van der Waals surface area contributed by atoms with E-state index in [4.69, 9.17) is 0 Å². The summed E-state index contributed by atoms with van der Waals surface area (Å²) in [6, 6.07) is 0.755. The lowest BCUT2D eigenvalue weighted by atomic mass is 9.71. The molecule has 2 aliphatic rings. The van der Waals surface area contributed by atoms with Crippen molar-refractivity contribution in [2.24, 2.45) is 16.7 Å². The van der Waals surface area contributed by atoms with Crippen LogP contribution in [0, 0.1) is 16.7 Å². The van der Waals surface area contributed by atoms with Crippen molar-refractivity contribution in [2.45, 2.75) is 33.2 Å². The summed E-state index contributed by atoms with van der Waals surface area (Å²) < 4.78 is 0. The van der Waals surface area contributed by atoms with Gasteiger partial charge in [-0.2, -0.15) is 0 Å². The van der Waals surface area contributed by atoms with Crippen molar-refractivity contribution in [1.82, 2.24) is 4.90 Å².